The fraction of sp³-hybridized carbons (Fsp3) is 0.600. The summed E-state index contributed by atoms with van der Waals surface area (Å²) in [6.07, 6.45) is 4.02. The molecule has 0 aliphatic heterocycles. The fourth-order valence-electron chi connectivity index (χ4n) is 2.16. The average Bonchev–Trinajstić information content (AvgIpc) is 3.31. The van der Waals surface area contributed by atoms with E-state index in [0.717, 1.165) is 12.8 Å². The zero-order valence-corrected chi connectivity index (χ0v) is 12.8. The second kappa shape index (κ2) is 6.53. The van der Waals surface area contributed by atoms with Crippen LogP contribution in [0, 0.1) is 11.3 Å². The minimum atomic E-state index is -0.110. The number of rotatable bonds is 6. The van der Waals surface area contributed by atoms with Crippen molar-refractivity contribution in [2.24, 2.45) is 0 Å². The third kappa shape index (κ3) is 3.48. The maximum atomic E-state index is 12.8. The first kappa shape index (κ1) is 15.2. The molecule has 6 heteroatoms. The van der Waals surface area contributed by atoms with Gasteiger partial charge in [-0.25, -0.2) is 9.97 Å². The zero-order chi connectivity index (χ0) is 15.4. The standard InChI is InChI=1S/C15H21N5O/c1-10(2)14-18-9-12(17-3)13(19-14)15(21)20(8-4-7-16)11-5-6-11/h9-11,17H,4-6,8H2,1-3H3. The van der Waals surface area contributed by atoms with Crippen LogP contribution in [0.1, 0.15) is 55.3 Å². The van der Waals surface area contributed by atoms with E-state index in [1.807, 2.05) is 13.8 Å². The first-order valence-electron chi connectivity index (χ1n) is 7.31. The summed E-state index contributed by atoms with van der Waals surface area (Å²) >= 11 is 0. The van der Waals surface area contributed by atoms with E-state index in [0.29, 0.717) is 30.2 Å². The first-order valence-corrected chi connectivity index (χ1v) is 7.31. The maximum absolute atomic E-state index is 12.8. The summed E-state index contributed by atoms with van der Waals surface area (Å²) < 4.78 is 0. The largest absolute Gasteiger partial charge is 0.385 e. The van der Waals surface area contributed by atoms with E-state index in [9.17, 15) is 4.79 Å². The molecule has 1 N–H and O–H groups in total. The van der Waals surface area contributed by atoms with Crippen LogP contribution in [0.25, 0.3) is 0 Å². The summed E-state index contributed by atoms with van der Waals surface area (Å²) in [6.45, 7) is 4.46. The molecule has 0 spiro atoms. The van der Waals surface area contributed by atoms with E-state index in [1.165, 1.54) is 0 Å². The van der Waals surface area contributed by atoms with Crippen LogP contribution in [0.4, 0.5) is 5.69 Å². The predicted octanol–water partition coefficient (Wildman–Crippen LogP) is 2.16. The number of amides is 1. The Hall–Kier alpha value is -2.16. The Balaban J connectivity index is 2.31. The lowest BCUT2D eigenvalue weighted by Gasteiger charge is -2.22. The van der Waals surface area contributed by atoms with Crippen LogP contribution in [0.3, 0.4) is 0 Å². The molecule has 112 valence electrons. The summed E-state index contributed by atoms with van der Waals surface area (Å²) in [6, 6.07) is 2.36. The van der Waals surface area contributed by atoms with Gasteiger partial charge in [0.2, 0.25) is 0 Å². The average molecular weight is 287 g/mol. The van der Waals surface area contributed by atoms with Crippen molar-refractivity contribution in [3.8, 4) is 6.07 Å². The van der Waals surface area contributed by atoms with Gasteiger partial charge in [-0.2, -0.15) is 5.26 Å². The monoisotopic (exact) mass is 287 g/mol. The van der Waals surface area contributed by atoms with Crippen molar-refractivity contribution < 1.29 is 4.79 Å². The van der Waals surface area contributed by atoms with E-state index in [4.69, 9.17) is 5.26 Å². The summed E-state index contributed by atoms with van der Waals surface area (Å²) in [7, 11) is 1.75. The summed E-state index contributed by atoms with van der Waals surface area (Å²) in [5, 5.41) is 11.7. The van der Waals surface area contributed by atoms with E-state index in [1.54, 1.807) is 18.1 Å². The topological polar surface area (TPSA) is 81.9 Å². The molecule has 1 aliphatic carbocycles. The molecule has 0 radical (unpaired) electrons. The summed E-state index contributed by atoms with van der Waals surface area (Å²) in [5.41, 5.74) is 1.04. The Morgan fingerprint density at radius 3 is 2.81 bits per heavy atom. The predicted molar refractivity (Wildman–Crippen MR) is 80.0 cm³/mol. The molecule has 0 saturated heterocycles. The number of nitrogens with one attached hydrogen (secondary N) is 1. The number of hydrogen-bond donors (Lipinski definition) is 1. The molecule has 1 heterocycles. The number of carbonyl (C=O) groups excluding carboxylic acids is 1. The quantitative estimate of drug-likeness (QED) is 0.867. The molecule has 1 fully saturated rings. The molecule has 1 aromatic heterocycles. The lowest BCUT2D eigenvalue weighted by atomic mass is 10.2. The molecular formula is C15H21N5O. The van der Waals surface area contributed by atoms with E-state index >= 15 is 0 Å². The lowest BCUT2D eigenvalue weighted by molar-refractivity contribution is 0.0741. The molecule has 21 heavy (non-hydrogen) atoms. The number of carbonyl (C=O) groups is 1. The van der Waals surface area contributed by atoms with Crippen molar-refractivity contribution >= 4 is 11.6 Å². The molecule has 1 saturated carbocycles. The highest BCUT2D eigenvalue weighted by molar-refractivity contribution is 5.97. The summed E-state index contributed by atoms with van der Waals surface area (Å²) in [4.78, 5) is 23.3. The van der Waals surface area contributed by atoms with Gasteiger partial charge in [0.25, 0.3) is 5.91 Å². The second-order valence-corrected chi connectivity index (χ2v) is 5.53. The van der Waals surface area contributed by atoms with E-state index < -0.39 is 0 Å². The van der Waals surface area contributed by atoms with Crippen molar-refractivity contribution in [3.05, 3.63) is 17.7 Å². The summed E-state index contributed by atoms with van der Waals surface area (Å²) in [5.74, 6) is 0.714. The highest BCUT2D eigenvalue weighted by Crippen LogP contribution is 2.29. The van der Waals surface area contributed by atoms with Gasteiger partial charge >= 0.3 is 0 Å². The van der Waals surface area contributed by atoms with Gasteiger partial charge in [-0.3, -0.25) is 4.79 Å². The Morgan fingerprint density at radius 1 is 1.57 bits per heavy atom. The van der Waals surface area contributed by atoms with Gasteiger partial charge in [0.05, 0.1) is 24.4 Å². The zero-order valence-electron chi connectivity index (χ0n) is 12.8. The highest BCUT2D eigenvalue weighted by atomic mass is 16.2. The molecule has 1 aliphatic rings. The van der Waals surface area contributed by atoms with Gasteiger partial charge < -0.3 is 10.2 Å². The molecule has 0 aromatic carbocycles. The Labute approximate surface area is 125 Å². The molecule has 6 nitrogen and oxygen atoms in total. The van der Waals surface area contributed by atoms with Crippen LogP contribution in [0.2, 0.25) is 0 Å². The number of aromatic nitrogens is 2. The van der Waals surface area contributed by atoms with Crippen LogP contribution in [0.5, 0.6) is 0 Å². The van der Waals surface area contributed by atoms with Crippen LogP contribution in [0.15, 0.2) is 6.20 Å². The minimum absolute atomic E-state index is 0.110. The third-order valence-electron chi connectivity index (χ3n) is 3.51. The normalized spacial score (nSPS) is 13.9. The van der Waals surface area contributed by atoms with Crippen molar-refractivity contribution in [2.75, 3.05) is 18.9 Å². The van der Waals surface area contributed by atoms with Crippen LogP contribution in [-0.2, 0) is 0 Å². The Bertz CT molecular complexity index is 560. The molecular weight excluding hydrogens is 266 g/mol. The second-order valence-electron chi connectivity index (χ2n) is 5.53. The van der Waals surface area contributed by atoms with Gasteiger partial charge in [0, 0.05) is 25.6 Å². The first-order chi connectivity index (χ1) is 10.1. The number of nitrogens with zero attached hydrogens (tertiary/aromatic N) is 4. The van der Waals surface area contributed by atoms with Crippen LogP contribution < -0.4 is 5.32 Å². The van der Waals surface area contributed by atoms with Crippen LogP contribution >= 0.6 is 0 Å². The molecule has 1 amide bonds. The van der Waals surface area contributed by atoms with Gasteiger partial charge in [-0.15, -0.1) is 0 Å². The molecule has 2 rings (SSSR count). The highest BCUT2D eigenvalue weighted by Gasteiger charge is 2.34. The molecule has 0 bridgehead atoms. The van der Waals surface area contributed by atoms with E-state index in [2.05, 4.69) is 21.4 Å². The molecule has 0 atom stereocenters. The van der Waals surface area contributed by atoms with Gasteiger partial charge in [0.15, 0.2) is 5.69 Å². The van der Waals surface area contributed by atoms with Crippen molar-refractivity contribution in [2.45, 2.75) is 45.1 Å². The van der Waals surface area contributed by atoms with Crippen molar-refractivity contribution in [1.82, 2.24) is 14.9 Å². The minimum Gasteiger partial charge on any atom is -0.385 e. The van der Waals surface area contributed by atoms with Crippen molar-refractivity contribution in [3.63, 3.8) is 0 Å². The van der Waals surface area contributed by atoms with Gasteiger partial charge in [0.1, 0.15) is 5.82 Å². The van der Waals surface area contributed by atoms with Gasteiger partial charge in [-0.1, -0.05) is 13.8 Å². The van der Waals surface area contributed by atoms with Crippen molar-refractivity contribution in [1.29, 1.82) is 5.26 Å². The number of hydrogen-bond acceptors (Lipinski definition) is 5. The lowest BCUT2D eigenvalue weighted by Crippen LogP contribution is -2.35. The smallest absolute Gasteiger partial charge is 0.275 e. The van der Waals surface area contributed by atoms with E-state index in [-0.39, 0.29) is 17.9 Å². The molecule has 1 aromatic rings. The number of nitriles is 1. The van der Waals surface area contributed by atoms with Gasteiger partial charge in [-0.05, 0) is 12.8 Å². The Kier molecular flexibility index (Phi) is 4.73. The Morgan fingerprint density at radius 2 is 2.29 bits per heavy atom. The number of anilines is 1. The third-order valence-corrected chi connectivity index (χ3v) is 3.51. The fourth-order valence-corrected chi connectivity index (χ4v) is 2.16. The maximum Gasteiger partial charge on any atom is 0.275 e. The molecule has 0 unspecified atom stereocenters. The van der Waals surface area contributed by atoms with Crippen LogP contribution in [-0.4, -0.2) is 40.4 Å². The SMILES string of the molecule is CNc1cnc(C(C)C)nc1C(=O)N(CCC#N)C1CC1.